The van der Waals surface area contributed by atoms with Crippen LogP contribution in [0.4, 0.5) is 5.69 Å². The van der Waals surface area contributed by atoms with Gasteiger partial charge in [-0.3, -0.25) is 9.59 Å². The third-order valence-corrected chi connectivity index (χ3v) is 3.49. The molecule has 2 rings (SSSR count). The third-order valence-electron chi connectivity index (χ3n) is 3.49. The average molecular weight is 296 g/mol. The highest BCUT2D eigenvalue weighted by Gasteiger charge is 2.09. The third kappa shape index (κ3) is 3.95. The Hall–Kier alpha value is -2.62. The van der Waals surface area contributed by atoms with Crippen molar-refractivity contribution in [1.29, 1.82) is 0 Å². The number of hydrogen-bond donors (Lipinski definition) is 2. The summed E-state index contributed by atoms with van der Waals surface area (Å²) in [6.45, 7) is 3.88. The van der Waals surface area contributed by atoms with Crippen molar-refractivity contribution < 1.29 is 9.59 Å². The molecule has 0 aliphatic rings. The molecule has 0 unspecified atom stereocenters. The predicted octanol–water partition coefficient (Wildman–Crippen LogP) is 2.84. The molecular weight excluding hydrogens is 276 g/mol. The minimum atomic E-state index is -0.125. The van der Waals surface area contributed by atoms with Gasteiger partial charge in [0.2, 0.25) is 5.91 Å². The maximum absolute atomic E-state index is 12.3. The van der Waals surface area contributed by atoms with Crippen molar-refractivity contribution in [2.75, 3.05) is 12.4 Å². The van der Waals surface area contributed by atoms with Crippen molar-refractivity contribution in [2.24, 2.45) is 0 Å². The summed E-state index contributed by atoms with van der Waals surface area (Å²) in [5, 5.41) is 5.47. The van der Waals surface area contributed by atoms with Gasteiger partial charge in [0, 0.05) is 18.3 Å². The van der Waals surface area contributed by atoms with Gasteiger partial charge in [-0.05, 0) is 43.2 Å². The van der Waals surface area contributed by atoms with Crippen LogP contribution in [0.15, 0.2) is 42.5 Å². The Kier molecular flexibility index (Phi) is 4.94. The highest BCUT2D eigenvalue weighted by molar-refractivity contribution is 6.05. The van der Waals surface area contributed by atoms with E-state index in [1.54, 1.807) is 19.2 Å². The highest BCUT2D eigenvalue weighted by atomic mass is 16.2. The zero-order chi connectivity index (χ0) is 16.1. The van der Waals surface area contributed by atoms with Crippen molar-refractivity contribution in [1.82, 2.24) is 5.32 Å². The zero-order valence-electron chi connectivity index (χ0n) is 13.1. The van der Waals surface area contributed by atoms with Crippen LogP contribution in [0.5, 0.6) is 0 Å². The Bertz CT molecular complexity index is 691. The van der Waals surface area contributed by atoms with E-state index in [4.69, 9.17) is 0 Å². The van der Waals surface area contributed by atoms with Gasteiger partial charge in [-0.2, -0.15) is 0 Å². The molecular formula is C18H20N2O2. The summed E-state index contributed by atoms with van der Waals surface area (Å²) in [5.41, 5.74) is 4.29. The monoisotopic (exact) mass is 296 g/mol. The minimum absolute atomic E-state index is 0.0350. The van der Waals surface area contributed by atoms with Gasteiger partial charge in [-0.25, -0.2) is 0 Å². The van der Waals surface area contributed by atoms with Crippen LogP contribution in [-0.2, 0) is 11.2 Å². The quantitative estimate of drug-likeness (QED) is 0.911. The van der Waals surface area contributed by atoms with Gasteiger partial charge >= 0.3 is 0 Å². The van der Waals surface area contributed by atoms with Crippen LogP contribution in [0.2, 0.25) is 0 Å². The molecule has 0 aromatic heterocycles. The average Bonchev–Trinajstić information content (AvgIpc) is 2.51. The lowest BCUT2D eigenvalue weighted by Gasteiger charge is -2.09. The lowest BCUT2D eigenvalue weighted by molar-refractivity contribution is -0.119. The molecule has 0 fully saturated rings. The van der Waals surface area contributed by atoms with Gasteiger partial charge in [0.1, 0.15) is 0 Å². The summed E-state index contributed by atoms with van der Waals surface area (Å²) >= 11 is 0. The molecule has 0 radical (unpaired) electrons. The van der Waals surface area contributed by atoms with Crippen LogP contribution in [0.25, 0.3) is 0 Å². The standard InChI is InChI=1S/C18H20N2O2/c1-12-4-5-13(2)16(10-12)18(22)20-15-8-6-14(7-9-15)11-17(21)19-3/h4-10H,11H2,1-3H3,(H,19,21)(H,20,22). The molecule has 2 aromatic carbocycles. The SMILES string of the molecule is CNC(=O)Cc1ccc(NC(=O)c2cc(C)ccc2C)cc1. The molecule has 0 saturated heterocycles. The Labute approximate surface area is 130 Å². The number of rotatable bonds is 4. The Morgan fingerprint density at radius 2 is 1.68 bits per heavy atom. The van der Waals surface area contributed by atoms with Crippen molar-refractivity contribution >= 4 is 17.5 Å². The second kappa shape index (κ2) is 6.89. The topological polar surface area (TPSA) is 58.2 Å². The molecule has 4 heteroatoms. The Balaban J connectivity index is 2.08. The molecule has 2 aromatic rings. The number of amides is 2. The van der Waals surface area contributed by atoms with E-state index in [1.807, 2.05) is 44.2 Å². The largest absolute Gasteiger partial charge is 0.359 e. The second-order valence-corrected chi connectivity index (χ2v) is 5.32. The summed E-state index contributed by atoms with van der Waals surface area (Å²) in [7, 11) is 1.61. The zero-order valence-corrected chi connectivity index (χ0v) is 13.1. The first kappa shape index (κ1) is 15.8. The van der Waals surface area contributed by atoms with Crippen molar-refractivity contribution in [2.45, 2.75) is 20.3 Å². The molecule has 2 amide bonds. The van der Waals surface area contributed by atoms with Gasteiger partial charge in [-0.1, -0.05) is 29.8 Å². The van der Waals surface area contributed by atoms with E-state index >= 15 is 0 Å². The molecule has 0 saturated carbocycles. The van der Waals surface area contributed by atoms with Crippen LogP contribution in [0.1, 0.15) is 27.0 Å². The van der Waals surface area contributed by atoms with Gasteiger partial charge in [0.15, 0.2) is 0 Å². The molecule has 0 bridgehead atoms. The molecule has 0 aliphatic carbocycles. The lowest BCUT2D eigenvalue weighted by atomic mass is 10.0. The summed E-state index contributed by atoms with van der Waals surface area (Å²) < 4.78 is 0. The number of aryl methyl sites for hydroxylation is 2. The van der Waals surface area contributed by atoms with E-state index in [-0.39, 0.29) is 11.8 Å². The van der Waals surface area contributed by atoms with Crippen molar-refractivity contribution in [3.05, 3.63) is 64.7 Å². The second-order valence-electron chi connectivity index (χ2n) is 5.32. The fourth-order valence-corrected chi connectivity index (χ4v) is 2.16. The fraction of sp³-hybridized carbons (Fsp3) is 0.222. The van der Waals surface area contributed by atoms with E-state index in [2.05, 4.69) is 10.6 Å². The van der Waals surface area contributed by atoms with Gasteiger partial charge < -0.3 is 10.6 Å². The first-order valence-corrected chi connectivity index (χ1v) is 7.17. The molecule has 0 spiro atoms. The molecule has 4 nitrogen and oxygen atoms in total. The molecule has 0 heterocycles. The minimum Gasteiger partial charge on any atom is -0.359 e. The molecule has 2 N–H and O–H groups in total. The smallest absolute Gasteiger partial charge is 0.255 e. The summed E-state index contributed by atoms with van der Waals surface area (Å²) in [6.07, 6.45) is 0.335. The summed E-state index contributed by atoms with van der Waals surface area (Å²) in [5.74, 6) is -0.160. The highest BCUT2D eigenvalue weighted by Crippen LogP contribution is 2.15. The number of carbonyl (C=O) groups is 2. The number of anilines is 1. The van der Waals surface area contributed by atoms with Gasteiger partial charge in [-0.15, -0.1) is 0 Å². The van der Waals surface area contributed by atoms with E-state index in [9.17, 15) is 9.59 Å². The van der Waals surface area contributed by atoms with Crippen LogP contribution in [-0.4, -0.2) is 18.9 Å². The van der Waals surface area contributed by atoms with Crippen LogP contribution in [0, 0.1) is 13.8 Å². The van der Waals surface area contributed by atoms with E-state index in [0.29, 0.717) is 17.7 Å². The van der Waals surface area contributed by atoms with Crippen molar-refractivity contribution in [3.8, 4) is 0 Å². The van der Waals surface area contributed by atoms with Gasteiger partial charge in [0.25, 0.3) is 5.91 Å². The number of hydrogen-bond acceptors (Lipinski definition) is 2. The first-order chi connectivity index (χ1) is 10.5. The Morgan fingerprint density at radius 1 is 1.00 bits per heavy atom. The number of benzene rings is 2. The molecule has 114 valence electrons. The lowest BCUT2D eigenvalue weighted by Crippen LogP contribution is -2.19. The van der Waals surface area contributed by atoms with Crippen LogP contribution < -0.4 is 10.6 Å². The maximum Gasteiger partial charge on any atom is 0.255 e. The van der Waals surface area contributed by atoms with E-state index in [1.165, 1.54) is 0 Å². The van der Waals surface area contributed by atoms with Crippen molar-refractivity contribution in [3.63, 3.8) is 0 Å². The number of likely N-dealkylation sites (N-methyl/N-ethyl adjacent to an activating group) is 1. The normalized spacial score (nSPS) is 10.1. The first-order valence-electron chi connectivity index (χ1n) is 7.17. The Morgan fingerprint density at radius 3 is 2.32 bits per heavy atom. The van der Waals surface area contributed by atoms with Crippen LogP contribution in [0.3, 0.4) is 0 Å². The summed E-state index contributed by atoms with van der Waals surface area (Å²) in [6, 6.07) is 13.1. The predicted molar refractivity (Wildman–Crippen MR) is 88.1 cm³/mol. The fourth-order valence-electron chi connectivity index (χ4n) is 2.16. The maximum atomic E-state index is 12.3. The van der Waals surface area contributed by atoms with Gasteiger partial charge in [0.05, 0.1) is 6.42 Å². The molecule has 22 heavy (non-hydrogen) atoms. The molecule has 0 aliphatic heterocycles. The number of nitrogens with one attached hydrogen (secondary N) is 2. The van der Waals surface area contributed by atoms with E-state index < -0.39 is 0 Å². The van der Waals surface area contributed by atoms with Crippen LogP contribution >= 0.6 is 0 Å². The van der Waals surface area contributed by atoms with E-state index in [0.717, 1.165) is 16.7 Å². The number of carbonyl (C=O) groups excluding carboxylic acids is 2. The molecule has 0 atom stereocenters. The summed E-state index contributed by atoms with van der Waals surface area (Å²) in [4.78, 5) is 23.6.